The van der Waals surface area contributed by atoms with E-state index in [1.165, 1.54) is 18.4 Å². The van der Waals surface area contributed by atoms with Crippen LogP contribution in [0.1, 0.15) is 31.1 Å². The van der Waals surface area contributed by atoms with Gasteiger partial charge in [-0.15, -0.1) is 11.3 Å². The van der Waals surface area contributed by atoms with Crippen molar-refractivity contribution in [3.05, 3.63) is 34.3 Å². The highest BCUT2D eigenvalue weighted by Crippen LogP contribution is 2.32. The zero-order chi connectivity index (χ0) is 22.6. The quantitative estimate of drug-likeness (QED) is 0.605. The lowest BCUT2D eigenvalue weighted by atomic mass is 10.1. The molecule has 1 aliphatic heterocycles. The molecule has 1 aromatic carbocycles. The number of carbonyl (C=O) groups excluding carboxylic acids is 2. The summed E-state index contributed by atoms with van der Waals surface area (Å²) in [7, 11) is 1.32. The van der Waals surface area contributed by atoms with Crippen LogP contribution >= 0.6 is 22.9 Å². The topological polar surface area (TPSA) is 87.2 Å². The maximum atomic E-state index is 12.3. The molecule has 1 atom stereocenters. The molecule has 0 radical (unpaired) electrons. The molecule has 1 aliphatic rings. The summed E-state index contributed by atoms with van der Waals surface area (Å²) in [5.74, 6) is -0.0263. The van der Waals surface area contributed by atoms with Gasteiger partial charge in [-0.1, -0.05) is 11.6 Å². The molecule has 168 valence electrons. The number of benzene rings is 1. The average Bonchev–Trinajstić information content (AvgIpc) is 3.17. The SMILES string of the molecule is COC(=O)c1cc(OC[C@@H]2CN(C(=O)OC(C)(C)C)CCO2)cc(-c2ncc(Cl)s2)c1. The molecule has 0 spiro atoms. The zero-order valence-corrected chi connectivity index (χ0v) is 19.4. The largest absolute Gasteiger partial charge is 0.491 e. The number of esters is 1. The molecule has 0 N–H and O–H groups in total. The van der Waals surface area contributed by atoms with Crippen LogP contribution in [0.4, 0.5) is 4.79 Å². The Morgan fingerprint density at radius 2 is 2.10 bits per heavy atom. The van der Waals surface area contributed by atoms with Crippen molar-refractivity contribution in [2.45, 2.75) is 32.5 Å². The van der Waals surface area contributed by atoms with Crippen LogP contribution in [0.5, 0.6) is 5.75 Å². The minimum absolute atomic E-state index is 0.196. The summed E-state index contributed by atoms with van der Waals surface area (Å²) >= 11 is 7.29. The van der Waals surface area contributed by atoms with Gasteiger partial charge in [0, 0.05) is 12.1 Å². The molecule has 1 fully saturated rings. The Labute approximate surface area is 190 Å². The van der Waals surface area contributed by atoms with Gasteiger partial charge in [-0.3, -0.25) is 0 Å². The minimum atomic E-state index is -0.565. The van der Waals surface area contributed by atoms with E-state index in [0.29, 0.717) is 45.9 Å². The molecule has 31 heavy (non-hydrogen) atoms. The molecule has 0 aliphatic carbocycles. The summed E-state index contributed by atoms with van der Waals surface area (Å²) < 4.78 is 22.5. The van der Waals surface area contributed by atoms with Crippen molar-refractivity contribution in [1.82, 2.24) is 9.88 Å². The Balaban J connectivity index is 1.70. The van der Waals surface area contributed by atoms with Crippen molar-refractivity contribution in [3.8, 4) is 16.3 Å². The van der Waals surface area contributed by atoms with E-state index in [2.05, 4.69) is 4.98 Å². The highest BCUT2D eigenvalue weighted by Gasteiger charge is 2.28. The molecule has 0 unspecified atom stereocenters. The lowest BCUT2D eigenvalue weighted by Crippen LogP contribution is -2.49. The van der Waals surface area contributed by atoms with Gasteiger partial charge in [-0.2, -0.15) is 0 Å². The van der Waals surface area contributed by atoms with Gasteiger partial charge >= 0.3 is 12.1 Å². The second kappa shape index (κ2) is 9.84. The van der Waals surface area contributed by atoms with Crippen molar-refractivity contribution < 1.29 is 28.5 Å². The molecule has 2 aromatic rings. The summed E-state index contributed by atoms with van der Waals surface area (Å²) in [4.78, 5) is 30.3. The first-order valence-corrected chi connectivity index (χ1v) is 10.9. The predicted molar refractivity (Wildman–Crippen MR) is 117 cm³/mol. The van der Waals surface area contributed by atoms with Crippen molar-refractivity contribution in [2.24, 2.45) is 0 Å². The number of rotatable bonds is 5. The van der Waals surface area contributed by atoms with E-state index < -0.39 is 11.6 Å². The Morgan fingerprint density at radius 1 is 1.32 bits per heavy atom. The van der Waals surface area contributed by atoms with Crippen LogP contribution in [-0.2, 0) is 14.2 Å². The lowest BCUT2D eigenvalue weighted by Gasteiger charge is -2.34. The summed E-state index contributed by atoms with van der Waals surface area (Å²) in [5, 5.41) is 0.658. The molecule has 1 saturated heterocycles. The number of aromatic nitrogens is 1. The number of hydrogen-bond donors (Lipinski definition) is 0. The number of ether oxygens (including phenoxy) is 4. The molecule has 3 rings (SSSR count). The fourth-order valence-electron chi connectivity index (χ4n) is 2.93. The van der Waals surface area contributed by atoms with Crippen LogP contribution in [0.15, 0.2) is 24.4 Å². The van der Waals surface area contributed by atoms with Crippen LogP contribution in [0.3, 0.4) is 0 Å². The van der Waals surface area contributed by atoms with Crippen molar-refractivity contribution in [2.75, 3.05) is 33.4 Å². The maximum Gasteiger partial charge on any atom is 0.410 e. The minimum Gasteiger partial charge on any atom is -0.491 e. The van der Waals surface area contributed by atoms with Crippen LogP contribution < -0.4 is 4.74 Å². The third-order valence-corrected chi connectivity index (χ3v) is 5.44. The molecular formula is C21H25ClN2O6S. The monoisotopic (exact) mass is 468 g/mol. The summed E-state index contributed by atoms with van der Waals surface area (Å²) in [5.41, 5.74) is 0.459. The zero-order valence-electron chi connectivity index (χ0n) is 17.8. The highest BCUT2D eigenvalue weighted by atomic mass is 35.5. The van der Waals surface area contributed by atoms with E-state index >= 15 is 0 Å². The van der Waals surface area contributed by atoms with E-state index in [9.17, 15) is 9.59 Å². The van der Waals surface area contributed by atoms with Gasteiger partial charge < -0.3 is 23.8 Å². The normalized spacial score (nSPS) is 16.7. The first kappa shape index (κ1) is 23.3. The number of hydrogen-bond acceptors (Lipinski definition) is 8. The molecular weight excluding hydrogens is 444 g/mol. The van der Waals surface area contributed by atoms with Crippen molar-refractivity contribution in [1.29, 1.82) is 0 Å². The summed E-state index contributed by atoms with van der Waals surface area (Å²) in [6.07, 6.45) is 0.839. The fourth-order valence-corrected chi connectivity index (χ4v) is 3.83. The van der Waals surface area contributed by atoms with Gasteiger partial charge in [-0.25, -0.2) is 14.6 Å². The second-order valence-corrected chi connectivity index (χ2v) is 9.60. The molecule has 10 heteroatoms. The molecule has 8 nitrogen and oxygen atoms in total. The van der Waals surface area contributed by atoms with Crippen molar-refractivity contribution >= 4 is 35.0 Å². The van der Waals surface area contributed by atoms with Gasteiger partial charge in [0.1, 0.15) is 33.4 Å². The Kier molecular flexibility index (Phi) is 7.40. The second-order valence-electron chi connectivity index (χ2n) is 7.94. The van der Waals surface area contributed by atoms with E-state index in [4.69, 9.17) is 30.5 Å². The smallest absolute Gasteiger partial charge is 0.410 e. The van der Waals surface area contributed by atoms with Gasteiger partial charge in [0.25, 0.3) is 0 Å². The number of carbonyl (C=O) groups is 2. The highest BCUT2D eigenvalue weighted by molar-refractivity contribution is 7.18. The van der Waals surface area contributed by atoms with Gasteiger partial charge in [-0.05, 0) is 39.0 Å². The Morgan fingerprint density at radius 3 is 2.74 bits per heavy atom. The van der Waals surface area contributed by atoms with Gasteiger partial charge in [0.2, 0.25) is 0 Å². The average molecular weight is 469 g/mol. The Hall–Kier alpha value is -2.36. The summed E-state index contributed by atoms with van der Waals surface area (Å²) in [6.45, 7) is 6.87. The number of halogens is 1. The molecule has 0 saturated carbocycles. The van der Waals surface area contributed by atoms with E-state index in [1.807, 2.05) is 20.8 Å². The standard InChI is InChI=1S/C21H25ClN2O6S/c1-21(2,3)30-20(26)24-5-6-28-16(11-24)12-29-15-8-13(18-23-10-17(22)31-18)7-14(9-15)19(25)27-4/h7-10,16H,5-6,11-12H2,1-4H3/t16-/m0/s1. The third kappa shape index (κ3) is 6.56. The molecule has 1 amide bonds. The first-order valence-electron chi connectivity index (χ1n) is 9.72. The number of amides is 1. The maximum absolute atomic E-state index is 12.3. The fraction of sp³-hybridized carbons (Fsp3) is 0.476. The van der Waals surface area contributed by atoms with Crippen LogP contribution in [-0.4, -0.2) is 67.1 Å². The lowest BCUT2D eigenvalue weighted by molar-refractivity contribution is -0.0557. The number of nitrogens with zero attached hydrogens (tertiary/aromatic N) is 2. The van der Waals surface area contributed by atoms with Crippen LogP contribution in [0.25, 0.3) is 10.6 Å². The van der Waals surface area contributed by atoms with Gasteiger partial charge in [0.05, 0.1) is 32.0 Å². The third-order valence-electron chi connectivity index (χ3n) is 4.28. The first-order chi connectivity index (χ1) is 14.6. The van der Waals surface area contributed by atoms with E-state index in [0.717, 1.165) is 0 Å². The van der Waals surface area contributed by atoms with E-state index in [-0.39, 0.29) is 18.8 Å². The number of thiazole rings is 1. The molecule has 1 aromatic heterocycles. The predicted octanol–water partition coefficient (Wildman–Crippen LogP) is 4.26. The summed E-state index contributed by atoms with van der Waals surface area (Å²) in [6, 6.07) is 5.05. The molecule has 2 heterocycles. The Bertz CT molecular complexity index is 942. The van der Waals surface area contributed by atoms with Crippen LogP contribution in [0, 0.1) is 0 Å². The number of methoxy groups -OCH3 is 1. The van der Waals surface area contributed by atoms with Crippen molar-refractivity contribution in [3.63, 3.8) is 0 Å². The number of morpholine rings is 1. The van der Waals surface area contributed by atoms with Gasteiger partial charge in [0.15, 0.2) is 0 Å². The molecule has 0 bridgehead atoms. The van der Waals surface area contributed by atoms with E-state index in [1.54, 1.807) is 29.3 Å². The van der Waals surface area contributed by atoms with Crippen LogP contribution in [0.2, 0.25) is 4.34 Å².